The molecular weight excluding hydrogens is 768 g/mol. The van der Waals surface area contributed by atoms with Crippen LogP contribution in [0.4, 0.5) is 0 Å². The van der Waals surface area contributed by atoms with Crippen LogP contribution in [0.25, 0.3) is 0 Å². The normalized spacial score (nSPS) is 28.0. The third kappa shape index (κ3) is 11.1. The number of phenolic OH excluding ortho intramolecular Hbond substituents is 1. The molecule has 10 atom stereocenters. The summed E-state index contributed by atoms with van der Waals surface area (Å²) in [4.78, 5) is 113. The number of phenols is 1. The molecule has 0 aromatic heterocycles. The number of esters is 7. The molecule has 2 aliphatic heterocycles. The molecule has 0 bridgehead atoms. The summed E-state index contributed by atoms with van der Waals surface area (Å²) >= 11 is 0. The molecule has 21 nitrogen and oxygen atoms in total. The predicted molar refractivity (Wildman–Crippen MR) is 179 cm³/mol. The van der Waals surface area contributed by atoms with Crippen LogP contribution in [0.2, 0.25) is 0 Å². The second kappa shape index (κ2) is 18.8. The fourth-order valence-corrected chi connectivity index (χ4v) is 6.16. The van der Waals surface area contributed by atoms with Crippen molar-refractivity contribution in [3.05, 3.63) is 41.2 Å². The summed E-state index contributed by atoms with van der Waals surface area (Å²) in [6, 6.07) is 3.75. The second-order valence-corrected chi connectivity index (χ2v) is 12.7. The van der Waals surface area contributed by atoms with Gasteiger partial charge in [0.25, 0.3) is 0 Å². The predicted octanol–water partition coefficient (Wildman–Crippen LogP) is 0.291. The molecule has 0 unspecified atom stereocenters. The Morgan fingerprint density at radius 2 is 1.02 bits per heavy atom. The lowest BCUT2D eigenvalue weighted by Gasteiger charge is -2.48. The van der Waals surface area contributed by atoms with E-state index in [1.807, 2.05) is 0 Å². The third-order valence-electron chi connectivity index (χ3n) is 8.15. The van der Waals surface area contributed by atoms with E-state index < -0.39 is 139 Å². The highest BCUT2D eigenvalue weighted by atomic mass is 16.8. The molecule has 0 spiro atoms. The topological polar surface area (TPSA) is 275 Å². The van der Waals surface area contributed by atoms with Gasteiger partial charge in [-0.05, 0) is 12.1 Å². The van der Waals surface area contributed by atoms with Crippen molar-refractivity contribution in [1.82, 2.24) is 0 Å². The van der Waals surface area contributed by atoms with E-state index in [0.717, 1.165) is 54.5 Å². The summed E-state index contributed by atoms with van der Waals surface area (Å²) in [7, 11) is 0. The van der Waals surface area contributed by atoms with Crippen molar-refractivity contribution in [3.8, 4) is 5.75 Å². The van der Waals surface area contributed by atoms with E-state index in [1.54, 1.807) is 0 Å². The summed E-state index contributed by atoms with van der Waals surface area (Å²) in [5.74, 6) is -9.37. The first-order valence-corrected chi connectivity index (χ1v) is 17.2. The first-order chi connectivity index (χ1) is 26.8. The van der Waals surface area contributed by atoms with E-state index in [9.17, 15) is 48.3 Å². The molecular formula is C36H40O21. The highest BCUT2D eigenvalue weighted by Crippen LogP contribution is 2.37. The van der Waals surface area contributed by atoms with Gasteiger partial charge in [0.1, 0.15) is 37.3 Å². The molecule has 4 rings (SSSR count). The lowest BCUT2D eigenvalue weighted by atomic mass is 9.92. The van der Waals surface area contributed by atoms with E-state index in [-0.39, 0.29) is 11.1 Å². The van der Waals surface area contributed by atoms with Gasteiger partial charge in [0, 0.05) is 60.1 Å². The molecule has 3 aliphatic rings. The smallest absolute Gasteiger partial charge is 0.303 e. The standard InChI is InChI=1S/C36H40O21/c1-14(37)47-12-25-29(49-16(3)39)31(50-17(4)40)34(53-20(7)43)36(56-25)57-30-26(13-48-15(2)38)55-35(33(52-19(6)42)32(30)51-18(5)41)54-24-11-23(45)27-21(28(24)46)9-8-10-22(27)44/h8-11,25-26,29-36,44H,12-13H2,1-7H3/t25-,26-,29-,30-,31-,32+,33-,34-,35-,36-/m1/s1. The highest BCUT2D eigenvalue weighted by molar-refractivity contribution is 6.24. The number of carbonyl (C=O) groups excluding carboxylic acids is 9. The number of allylic oxidation sites excluding steroid dienone is 2. The summed E-state index contributed by atoms with van der Waals surface area (Å²) in [6.07, 6.45) is -16.7. The Balaban J connectivity index is 1.83. The van der Waals surface area contributed by atoms with Gasteiger partial charge < -0.3 is 57.2 Å². The molecule has 1 aliphatic carbocycles. The number of ether oxygens (including phenoxy) is 11. The Morgan fingerprint density at radius 3 is 1.53 bits per heavy atom. The Bertz CT molecular complexity index is 1820. The number of fused-ring (bicyclic) bond motifs is 1. The van der Waals surface area contributed by atoms with Gasteiger partial charge in [-0.3, -0.25) is 43.2 Å². The molecule has 0 radical (unpaired) electrons. The molecule has 0 saturated carbocycles. The van der Waals surface area contributed by atoms with Crippen LogP contribution < -0.4 is 0 Å². The number of hydrogen-bond donors (Lipinski definition) is 1. The fraction of sp³-hybridized carbons (Fsp3) is 0.528. The molecule has 2 heterocycles. The molecule has 21 heteroatoms. The van der Waals surface area contributed by atoms with Gasteiger partial charge in [-0.15, -0.1) is 0 Å². The number of Topliss-reactive ketones (excluding diaryl/α,β-unsaturated/α-hetero) is 1. The molecule has 2 fully saturated rings. The van der Waals surface area contributed by atoms with Gasteiger partial charge in [0.05, 0.1) is 5.56 Å². The van der Waals surface area contributed by atoms with Crippen LogP contribution in [-0.2, 0) is 85.7 Å². The maximum absolute atomic E-state index is 13.5. The van der Waals surface area contributed by atoms with Crippen LogP contribution in [0.3, 0.4) is 0 Å². The van der Waals surface area contributed by atoms with Crippen LogP contribution >= 0.6 is 0 Å². The first kappa shape index (κ1) is 43.8. The zero-order valence-electron chi connectivity index (χ0n) is 31.6. The molecule has 310 valence electrons. The number of rotatable bonds is 13. The van der Waals surface area contributed by atoms with Crippen molar-refractivity contribution in [2.24, 2.45) is 0 Å². The van der Waals surface area contributed by atoms with Crippen molar-refractivity contribution in [1.29, 1.82) is 0 Å². The van der Waals surface area contributed by atoms with Crippen LogP contribution in [0.5, 0.6) is 5.75 Å². The minimum atomic E-state index is -1.92. The minimum absolute atomic E-state index is 0.241. The van der Waals surface area contributed by atoms with Gasteiger partial charge in [-0.25, -0.2) is 0 Å². The van der Waals surface area contributed by atoms with Crippen LogP contribution in [0, 0.1) is 0 Å². The number of benzene rings is 1. The van der Waals surface area contributed by atoms with Crippen molar-refractivity contribution in [3.63, 3.8) is 0 Å². The SMILES string of the molecule is CC(=O)OC[C@H]1O[C@@H](OC2=CC(=O)c3c(O)cccc3C2=O)[C@H](OC(C)=O)[C@@H](OC(C)=O)[C@@H]1O[C@H]1O[C@H](COC(C)=O)[C@@H](OC(C)=O)[C@@H](OC(C)=O)[C@H]1OC(C)=O. The molecule has 1 N–H and O–H groups in total. The van der Waals surface area contributed by atoms with Crippen LogP contribution in [-0.4, -0.2) is 133 Å². The van der Waals surface area contributed by atoms with Gasteiger partial charge in [-0.1, -0.05) is 6.07 Å². The van der Waals surface area contributed by atoms with Gasteiger partial charge >= 0.3 is 41.8 Å². The Morgan fingerprint density at radius 1 is 0.579 bits per heavy atom. The number of ketones is 2. The highest BCUT2D eigenvalue weighted by Gasteiger charge is 2.58. The molecule has 0 amide bonds. The molecule has 1 aromatic carbocycles. The summed E-state index contributed by atoms with van der Waals surface area (Å²) in [6.45, 7) is 5.67. The maximum Gasteiger partial charge on any atom is 0.303 e. The van der Waals surface area contributed by atoms with E-state index in [4.69, 9.17) is 52.1 Å². The van der Waals surface area contributed by atoms with Crippen LogP contribution in [0.15, 0.2) is 30.0 Å². The fourth-order valence-electron chi connectivity index (χ4n) is 6.16. The number of aromatic hydroxyl groups is 1. The zero-order chi connectivity index (χ0) is 42.3. The van der Waals surface area contributed by atoms with Crippen molar-refractivity contribution < 1.29 is 100 Å². The average molecular weight is 809 g/mol. The van der Waals surface area contributed by atoms with E-state index in [0.29, 0.717) is 0 Å². The van der Waals surface area contributed by atoms with Gasteiger partial charge in [0.15, 0.2) is 42.2 Å². The van der Waals surface area contributed by atoms with Crippen molar-refractivity contribution in [2.45, 2.75) is 110 Å². The zero-order valence-corrected chi connectivity index (χ0v) is 31.6. The van der Waals surface area contributed by atoms with Crippen LogP contribution in [0.1, 0.15) is 69.2 Å². The lowest BCUT2D eigenvalue weighted by Crippen LogP contribution is -2.67. The molecule has 1 aromatic rings. The Labute approximate surface area is 323 Å². The number of hydrogen-bond acceptors (Lipinski definition) is 21. The third-order valence-corrected chi connectivity index (χ3v) is 8.15. The van der Waals surface area contributed by atoms with E-state index >= 15 is 0 Å². The maximum atomic E-state index is 13.5. The van der Waals surface area contributed by atoms with Crippen molar-refractivity contribution in [2.75, 3.05) is 13.2 Å². The summed E-state index contributed by atoms with van der Waals surface area (Å²) in [5.41, 5.74) is -0.546. The van der Waals surface area contributed by atoms with Crippen molar-refractivity contribution >= 4 is 53.4 Å². The Hall–Kier alpha value is -5.93. The van der Waals surface area contributed by atoms with Gasteiger partial charge in [-0.2, -0.15) is 0 Å². The quantitative estimate of drug-likeness (QED) is 0.207. The number of carbonyl (C=O) groups is 9. The molecule has 2 saturated heterocycles. The monoisotopic (exact) mass is 808 g/mol. The average Bonchev–Trinajstić information content (AvgIpc) is 3.09. The lowest BCUT2D eigenvalue weighted by molar-refractivity contribution is -0.358. The van der Waals surface area contributed by atoms with E-state index in [1.165, 1.54) is 18.2 Å². The van der Waals surface area contributed by atoms with Gasteiger partial charge in [0.2, 0.25) is 18.2 Å². The van der Waals surface area contributed by atoms with E-state index in [2.05, 4.69) is 0 Å². The Kier molecular flexibility index (Phi) is 14.4. The second-order valence-electron chi connectivity index (χ2n) is 12.7. The molecule has 57 heavy (non-hydrogen) atoms. The largest absolute Gasteiger partial charge is 0.507 e. The summed E-state index contributed by atoms with van der Waals surface area (Å²) in [5, 5.41) is 10.2. The first-order valence-electron chi connectivity index (χ1n) is 17.2. The summed E-state index contributed by atoms with van der Waals surface area (Å²) < 4.78 is 61.9. The minimum Gasteiger partial charge on any atom is -0.507 e.